The quantitative estimate of drug-likeness (QED) is 0.0172. The van der Waals surface area contributed by atoms with Crippen molar-refractivity contribution >= 4 is 25.5 Å². The number of hydrogen-bond acceptors (Lipinski definition) is 12. The highest BCUT2D eigenvalue weighted by Gasteiger charge is 2.39. The predicted octanol–water partition coefficient (Wildman–Crippen LogP) is 8.37. The topological polar surface area (TPSA) is 206 Å². The van der Waals surface area contributed by atoms with E-state index in [0.717, 1.165) is 70.6 Å². The predicted molar refractivity (Wildman–Crippen MR) is 225 cm³/mol. The van der Waals surface area contributed by atoms with Crippen LogP contribution in [0, 0.1) is 11.8 Å². The maximum atomic E-state index is 12.7. The molecule has 1 rings (SSSR count). The van der Waals surface area contributed by atoms with Crippen LogP contribution in [0.25, 0.3) is 0 Å². The van der Waals surface area contributed by atoms with E-state index in [1.807, 2.05) is 0 Å². The fourth-order valence-corrected chi connectivity index (χ4v) is 7.73. The molecule has 58 heavy (non-hydrogen) atoms. The first-order valence-corrected chi connectivity index (χ1v) is 23.9. The van der Waals surface area contributed by atoms with Crippen molar-refractivity contribution < 1.29 is 62.8 Å². The molecular weight excluding hydrogens is 767 g/mol. The van der Waals surface area contributed by atoms with Gasteiger partial charge in [0.15, 0.2) is 6.10 Å². The second kappa shape index (κ2) is 34.7. The van der Waals surface area contributed by atoms with Gasteiger partial charge in [0.2, 0.25) is 0 Å². The standard InChI is InChI=1S/C44H79O13P/c1-3-5-7-8-9-10-11-12-13-14-15-16-17-18-23-27-43(50)54-34-38(35-56-58(52,53)55-33-37(47)32-45)57-44(51)28-24-20-19-22-26-39-40(42(49)31-41(39)48)30-29-36(46)25-21-6-4-2/h12-13,29-30,36-40,42,45-47,49H,3-11,14-28,31-35H2,1-2H3,(H,52,53)/b13-12-,30-29+/t36-,37-,38+,39+,40+,42+/m0/s1. The Morgan fingerprint density at radius 2 is 1.31 bits per heavy atom. The molecule has 0 radical (unpaired) electrons. The third kappa shape index (κ3) is 28.5. The number of carbonyl (C=O) groups is 3. The Hall–Kier alpha value is -1.96. The van der Waals surface area contributed by atoms with Crippen LogP contribution in [0.1, 0.15) is 174 Å². The summed E-state index contributed by atoms with van der Waals surface area (Å²) in [5.41, 5.74) is 0. The molecule has 1 aliphatic rings. The number of hydrogen-bond donors (Lipinski definition) is 5. The zero-order valence-electron chi connectivity index (χ0n) is 35.7. The Morgan fingerprint density at radius 3 is 1.95 bits per heavy atom. The van der Waals surface area contributed by atoms with Crippen LogP contribution in [0.5, 0.6) is 0 Å². The molecule has 0 aliphatic heterocycles. The molecule has 1 fully saturated rings. The van der Waals surface area contributed by atoms with Crippen molar-refractivity contribution in [3.63, 3.8) is 0 Å². The number of unbranched alkanes of at least 4 members (excludes halogenated alkanes) is 16. The maximum Gasteiger partial charge on any atom is 0.472 e. The summed E-state index contributed by atoms with van der Waals surface area (Å²) in [5.74, 6) is -1.70. The number of allylic oxidation sites excluding steroid dienone is 2. The number of phosphoric acid groups is 1. The van der Waals surface area contributed by atoms with E-state index in [4.69, 9.17) is 19.1 Å². The lowest BCUT2D eigenvalue weighted by atomic mass is 9.88. The van der Waals surface area contributed by atoms with Gasteiger partial charge in [-0.3, -0.25) is 23.4 Å². The van der Waals surface area contributed by atoms with Gasteiger partial charge >= 0.3 is 19.8 Å². The van der Waals surface area contributed by atoms with Crippen molar-refractivity contribution in [2.24, 2.45) is 11.8 Å². The van der Waals surface area contributed by atoms with Crippen molar-refractivity contribution in [2.45, 2.75) is 199 Å². The van der Waals surface area contributed by atoms with Gasteiger partial charge in [0.1, 0.15) is 18.5 Å². The number of esters is 2. The van der Waals surface area contributed by atoms with Crippen LogP contribution in [-0.4, -0.2) is 93.9 Å². The second-order valence-electron chi connectivity index (χ2n) is 15.8. The van der Waals surface area contributed by atoms with E-state index < -0.39 is 64.0 Å². The van der Waals surface area contributed by atoms with Gasteiger partial charge in [0.05, 0.1) is 32.0 Å². The van der Waals surface area contributed by atoms with Crippen LogP contribution in [0.4, 0.5) is 0 Å². The van der Waals surface area contributed by atoms with E-state index >= 15 is 0 Å². The number of ketones is 1. The smallest absolute Gasteiger partial charge is 0.462 e. The van der Waals surface area contributed by atoms with E-state index in [-0.39, 0.29) is 43.5 Å². The van der Waals surface area contributed by atoms with Crippen LogP contribution in [0.15, 0.2) is 24.3 Å². The molecule has 0 aromatic rings. The molecule has 0 spiro atoms. The number of aliphatic hydroxyl groups is 4. The van der Waals surface area contributed by atoms with Crippen molar-refractivity contribution in [2.75, 3.05) is 26.4 Å². The molecule has 0 amide bonds. The van der Waals surface area contributed by atoms with Crippen LogP contribution >= 0.6 is 7.82 Å². The summed E-state index contributed by atoms with van der Waals surface area (Å²) < 4.78 is 32.7. The van der Waals surface area contributed by atoms with E-state index in [2.05, 4.69) is 30.5 Å². The lowest BCUT2D eigenvalue weighted by molar-refractivity contribution is -0.161. The van der Waals surface area contributed by atoms with Gasteiger partial charge in [0.25, 0.3) is 0 Å². The third-order valence-electron chi connectivity index (χ3n) is 10.5. The molecule has 1 saturated carbocycles. The van der Waals surface area contributed by atoms with Crippen LogP contribution < -0.4 is 0 Å². The zero-order chi connectivity index (χ0) is 42.9. The summed E-state index contributed by atoms with van der Waals surface area (Å²) in [6.45, 7) is 1.99. The highest BCUT2D eigenvalue weighted by atomic mass is 31.2. The Bertz CT molecular complexity index is 1180. The van der Waals surface area contributed by atoms with E-state index in [0.29, 0.717) is 32.1 Å². The van der Waals surface area contributed by atoms with Crippen molar-refractivity contribution in [1.29, 1.82) is 0 Å². The average Bonchev–Trinajstić information content (AvgIpc) is 3.47. The molecule has 1 aliphatic carbocycles. The van der Waals surface area contributed by atoms with Gasteiger partial charge in [0, 0.05) is 31.1 Å². The minimum Gasteiger partial charge on any atom is -0.462 e. The van der Waals surface area contributed by atoms with Gasteiger partial charge in [-0.2, -0.15) is 0 Å². The van der Waals surface area contributed by atoms with Crippen molar-refractivity contribution in [3.8, 4) is 0 Å². The Balaban J connectivity index is 2.45. The number of carbonyl (C=O) groups excluding carboxylic acids is 3. The molecule has 5 N–H and O–H groups in total. The zero-order valence-corrected chi connectivity index (χ0v) is 36.6. The lowest BCUT2D eigenvalue weighted by Gasteiger charge is -2.20. The average molecular weight is 847 g/mol. The highest BCUT2D eigenvalue weighted by molar-refractivity contribution is 7.47. The fourth-order valence-electron chi connectivity index (χ4n) is 6.94. The minimum atomic E-state index is -4.69. The first kappa shape index (κ1) is 54.1. The van der Waals surface area contributed by atoms with Crippen molar-refractivity contribution in [3.05, 3.63) is 24.3 Å². The molecule has 0 bridgehead atoms. The largest absolute Gasteiger partial charge is 0.472 e. The van der Waals surface area contributed by atoms with Crippen LogP contribution in [0.2, 0.25) is 0 Å². The summed E-state index contributed by atoms with van der Waals surface area (Å²) in [6.07, 6.45) is 26.1. The molecule has 13 nitrogen and oxygen atoms in total. The number of rotatable bonds is 38. The summed E-state index contributed by atoms with van der Waals surface area (Å²) >= 11 is 0. The molecule has 0 aromatic carbocycles. The summed E-state index contributed by atoms with van der Waals surface area (Å²) in [7, 11) is -4.69. The molecular formula is C44H79O13P. The summed E-state index contributed by atoms with van der Waals surface area (Å²) in [5, 5.41) is 39.1. The fraction of sp³-hybridized carbons (Fsp3) is 0.841. The summed E-state index contributed by atoms with van der Waals surface area (Å²) in [4.78, 5) is 47.8. The highest BCUT2D eigenvalue weighted by Crippen LogP contribution is 2.43. The number of Topliss-reactive ketones (excluding diaryl/α,β-unsaturated/α-hetero) is 1. The normalized spacial score (nSPS) is 19.8. The van der Waals surface area contributed by atoms with E-state index in [1.54, 1.807) is 12.2 Å². The first-order valence-electron chi connectivity index (χ1n) is 22.4. The Morgan fingerprint density at radius 1 is 0.759 bits per heavy atom. The van der Waals surface area contributed by atoms with E-state index in [9.17, 15) is 39.2 Å². The Kier molecular flexibility index (Phi) is 32.4. The van der Waals surface area contributed by atoms with Crippen molar-refractivity contribution in [1.82, 2.24) is 0 Å². The molecule has 0 heterocycles. The van der Waals surface area contributed by atoms with Gasteiger partial charge in [-0.05, 0) is 51.4 Å². The third-order valence-corrected chi connectivity index (χ3v) is 11.4. The maximum absolute atomic E-state index is 12.7. The van der Waals surface area contributed by atoms with E-state index in [1.165, 1.54) is 38.5 Å². The molecule has 338 valence electrons. The summed E-state index contributed by atoms with van der Waals surface area (Å²) in [6, 6.07) is 0. The molecule has 7 atom stereocenters. The number of phosphoric ester groups is 1. The van der Waals surface area contributed by atoms with Gasteiger partial charge in [-0.1, -0.05) is 128 Å². The number of ether oxygens (including phenoxy) is 2. The van der Waals surface area contributed by atoms with Gasteiger partial charge in [-0.15, -0.1) is 0 Å². The monoisotopic (exact) mass is 847 g/mol. The minimum absolute atomic E-state index is 0.0234. The van der Waals surface area contributed by atoms with Gasteiger partial charge in [-0.25, -0.2) is 4.57 Å². The SMILES string of the molecule is CCCCCCCC/C=C\CCCCCCCC(=O)OC[C@H](COP(=O)(O)OC[C@@H](O)CO)OC(=O)CCCCCC[C@H]1C(=O)C[C@@H](O)[C@@H]1/C=C/[C@@H](O)CCCCC. The Labute approximate surface area is 349 Å². The molecule has 0 saturated heterocycles. The molecule has 0 aromatic heterocycles. The molecule has 1 unspecified atom stereocenters. The van der Waals surface area contributed by atoms with Gasteiger partial charge < -0.3 is 34.8 Å². The second-order valence-corrected chi connectivity index (χ2v) is 17.3. The van der Waals surface area contributed by atoms with Crippen LogP contribution in [0.3, 0.4) is 0 Å². The lowest BCUT2D eigenvalue weighted by Crippen LogP contribution is -2.29. The number of aliphatic hydroxyl groups excluding tert-OH is 4. The van der Waals surface area contributed by atoms with Crippen LogP contribution in [-0.2, 0) is 37.5 Å². The first-order chi connectivity index (χ1) is 27.9. The molecule has 14 heteroatoms.